The zero-order valence-electron chi connectivity index (χ0n) is 29.7. The lowest BCUT2D eigenvalue weighted by atomic mass is 9.85. The van der Waals surface area contributed by atoms with Gasteiger partial charge in [-0.15, -0.1) is 0 Å². The van der Waals surface area contributed by atoms with E-state index in [4.69, 9.17) is 0 Å². The average Bonchev–Trinajstić information content (AvgIpc) is 3.53. The van der Waals surface area contributed by atoms with Crippen LogP contribution in [-0.4, -0.2) is 5.78 Å². The molecule has 0 fully saturated rings. The lowest BCUT2D eigenvalue weighted by molar-refractivity contribution is 0.104. The van der Waals surface area contributed by atoms with Crippen LogP contribution in [0, 0.1) is 0 Å². The summed E-state index contributed by atoms with van der Waals surface area (Å²) in [5.41, 5.74) is 16.5. The number of carbonyl (C=O) groups is 1. The SMILES string of the molecule is O=C1c2cc(C(=C(c3ccccc3)c3ccccc3)c3ccccc3)ccc2-c2ccc(C(=C(c3ccccc3)c3ccccc3)c3ccccc3)cc21. The van der Waals surface area contributed by atoms with Crippen molar-refractivity contribution in [1.82, 2.24) is 0 Å². The molecule has 0 bridgehead atoms. The fourth-order valence-electron chi connectivity index (χ4n) is 7.84. The second-order valence-corrected chi connectivity index (χ2v) is 13.5. The second-order valence-electron chi connectivity index (χ2n) is 13.5. The summed E-state index contributed by atoms with van der Waals surface area (Å²) in [6, 6.07) is 76.1. The third-order valence-electron chi connectivity index (χ3n) is 10.3. The van der Waals surface area contributed by atoms with Gasteiger partial charge in [-0.1, -0.05) is 206 Å². The molecule has 1 aliphatic carbocycles. The highest BCUT2D eigenvalue weighted by Crippen LogP contribution is 2.44. The molecule has 8 aromatic carbocycles. The summed E-state index contributed by atoms with van der Waals surface area (Å²) in [5.74, 6) is 0.0467. The van der Waals surface area contributed by atoms with Crippen LogP contribution in [0.2, 0.25) is 0 Å². The minimum absolute atomic E-state index is 0.0467. The maximum Gasteiger partial charge on any atom is 0.194 e. The van der Waals surface area contributed by atoms with Crippen LogP contribution in [0.25, 0.3) is 33.4 Å². The summed E-state index contributed by atoms with van der Waals surface area (Å²) in [4.78, 5) is 14.7. The molecule has 0 aromatic heterocycles. The van der Waals surface area contributed by atoms with E-state index in [9.17, 15) is 4.79 Å². The summed E-state index contributed by atoms with van der Waals surface area (Å²) >= 11 is 0. The number of benzene rings is 8. The van der Waals surface area contributed by atoms with Gasteiger partial charge >= 0.3 is 0 Å². The van der Waals surface area contributed by atoms with Crippen molar-refractivity contribution in [3.05, 3.63) is 274 Å². The topological polar surface area (TPSA) is 17.1 Å². The number of carbonyl (C=O) groups excluding carboxylic acids is 1. The Kier molecular flexibility index (Phi) is 8.81. The third kappa shape index (κ3) is 6.12. The molecule has 0 heterocycles. The molecule has 0 spiro atoms. The van der Waals surface area contributed by atoms with E-state index in [1.807, 2.05) is 12.1 Å². The van der Waals surface area contributed by atoms with Crippen molar-refractivity contribution in [2.24, 2.45) is 0 Å². The van der Waals surface area contributed by atoms with Crippen molar-refractivity contribution in [1.29, 1.82) is 0 Å². The first-order valence-electron chi connectivity index (χ1n) is 18.4. The fraction of sp³-hybridized carbons (Fsp3) is 0. The van der Waals surface area contributed by atoms with Crippen LogP contribution >= 0.6 is 0 Å². The van der Waals surface area contributed by atoms with E-state index in [1.54, 1.807) is 0 Å². The summed E-state index contributed by atoms with van der Waals surface area (Å²) in [6.45, 7) is 0. The third-order valence-corrected chi connectivity index (χ3v) is 10.3. The van der Waals surface area contributed by atoms with Gasteiger partial charge in [0.25, 0.3) is 0 Å². The van der Waals surface area contributed by atoms with Gasteiger partial charge in [-0.25, -0.2) is 0 Å². The largest absolute Gasteiger partial charge is 0.289 e. The highest BCUT2D eigenvalue weighted by Gasteiger charge is 2.29. The highest BCUT2D eigenvalue weighted by atomic mass is 16.1. The first kappa shape index (κ1) is 32.8. The van der Waals surface area contributed by atoms with Crippen LogP contribution in [-0.2, 0) is 0 Å². The highest BCUT2D eigenvalue weighted by molar-refractivity contribution is 6.23. The van der Waals surface area contributed by atoms with Crippen LogP contribution in [0.4, 0.5) is 0 Å². The maximum absolute atomic E-state index is 14.7. The quantitative estimate of drug-likeness (QED) is 0.145. The molecule has 54 heavy (non-hydrogen) atoms. The van der Waals surface area contributed by atoms with Gasteiger partial charge in [0.15, 0.2) is 5.78 Å². The maximum atomic E-state index is 14.7. The number of fused-ring (bicyclic) bond motifs is 3. The van der Waals surface area contributed by atoms with Crippen LogP contribution in [0.15, 0.2) is 218 Å². The number of ketones is 1. The molecular formula is C53H36O. The molecule has 0 atom stereocenters. The van der Waals surface area contributed by atoms with Crippen LogP contribution < -0.4 is 0 Å². The molecule has 0 unspecified atom stereocenters. The second kappa shape index (κ2) is 14.5. The zero-order chi connectivity index (χ0) is 36.3. The molecule has 0 N–H and O–H groups in total. The van der Waals surface area contributed by atoms with Gasteiger partial charge in [-0.05, 0) is 90.1 Å². The molecular weight excluding hydrogens is 653 g/mol. The fourth-order valence-corrected chi connectivity index (χ4v) is 7.84. The minimum Gasteiger partial charge on any atom is -0.289 e. The van der Waals surface area contributed by atoms with E-state index in [1.165, 1.54) is 0 Å². The summed E-state index contributed by atoms with van der Waals surface area (Å²) in [7, 11) is 0. The monoisotopic (exact) mass is 688 g/mol. The Balaban J connectivity index is 1.23. The molecule has 0 aliphatic heterocycles. The Morgan fingerprint density at radius 1 is 0.222 bits per heavy atom. The van der Waals surface area contributed by atoms with Crippen molar-refractivity contribution in [2.45, 2.75) is 0 Å². The van der Waals surface area contributed by atoms with Crippen molar-refractivity contribution in [3.8, 4) is 11.1 Å². The van der Waals surface area contributed by atoms with E-state index >= 15 is 0 Å². The molecule has 254 valence electrons. The van der Waals surface area contributed by atoms with Gasteiger partial charge in [0.1, 0.15) is 0 Å². The van der Waals surface area contributed by atoms with E-state index < -0.39 is 0 Å². The van der Waals surface area contributed by atoms with Crippen molar-refractivity contribution in [2.75, 3.05) is 0 Å². The minimum atomic E-state index is 0.0467. The normalized spacial score (nSPS) is 11.4. The van der Waals surface area contributed by atoms with Crippen LogP contribution in [0.1, 0.15) is 60.4 Å². The standard InChI is InChI=1S/C53H36O/c54-53-47-35-43(51(41-27-15-5-16-28-41)49(37-19-7-1-8-20-37)38-21-9-2-10-22-38)31-33-45(47)46-34-32-44(36-48(46)53)52(42-29-17-6-18-30-42)50(39-23-11-3-12-24-39)40-25-13-4-14-26-40/h1-36H. The number of rotatable bonds is 8. The first-order valence-corrected chi connectivity index (χ1v) is 18.4. The lowest BCUT2D eigenvalue weighted by Gasteiger charge is -2.19. The van der Waals surface area contributed by atoms with Crippen molar-refractivity contribution < 1.29 is 4.79 Å². The Hall–Kier alpha value is -7.09. The van der Waals surface area contributed by atoms with Crippen LogP contribution in [0.3, 0.4) is 0 Å². The Morgan fingerprint density at radius 2 is 0.444 bits per heavy atom. The van der Waals surface area contributed by atoms with Crippen molar-refractivity contribution in [3.63, 3.8) is 0 Å². The van der Waals surface area contributed by atoms with E-state index in [-0.39, 0.29) is 5.78 Å². The van der Waals surface area contributed by atoms with Gasteiger partial charge in [0, 0.05) is 11.1 Å². The van der Waals surface area contributed by atoms with E-state index in [0.717, 1.165) is 89.1 Å². The zero-order valence-corrected chi connectivity index (χ0v) is 29.7. The first-order chi connectivity index (χ1) is 26.7. The Morgan fingerprint density at radius 3 is 0.685 bits per heavy atom. The van der Waals surface area contributed by atoms with Gasteiger partial charge in [0.2, 0.25) is 0 Å². The molecule has 9 rings (SSSR count). The Labute approximate surface area is 316 Å². The molecule has 0 amide bonds. The molecule has 1 aliphatic rings. The summed E-state index contributed by atoms with van der Waals surface area (Å²) < 4.78 is 0. The molecule has 0 radical (unpaired) electrons. The predicted octanol–water partition coefficient (Wildman–Crippen LogP) is 12.9. The lowest BCUT2D eigenvalue weighted by Crippen LogP contribution is -2.01. The summed E-state index contributed by atoms with van der Waals surface area (Å²) in [6.07, 6.45) is 0. The van der Waals surface area contributed by atoms with Gasteiger partial charge < -0.3 is 0 Å². The molecule has 0 saturated carbocycles. The predicted molar refractivity (Wildman–Crippen MR) is 224 cm³/mol. The molecule has 0 saturated heterocycles. The van der Waals surface area contributed by atoms with Crippen LogP contribution in [0.5, 0.6) is 0 Å². The molecule has 1 nitrogen and oxygen atoms in total. The van der Waals surface area contributed by atoms with Gasteiger partial charge in [-0.2, -0.15) is 0 Å². The number of hydrogen-bond donors (Lipinski definition) is 0. The Bertz CT molecular complexity index is 2390. The molecule has 1 heteroatoms. The number of hydrogen-bond acceptors (Lipinski definition) is 1. The van der Waals surface area contributed by atoms with E-state index in [0.29, 0.717) is 0 Å². The summed E-state index contributed by atoms with van der Waals surface area (Å²) in [5, 5.41) is 0. The van der Waals surface area contributed by atoms with Gasteiger partial charge in [0.05, 0.1) is 0 Å². The average molecular weight is 689 g/mol. The van der Waals surface area contributed by atoms with Gasteiger partial charge in [-0.3, -0.25) is 4.79 Å². The smallest absolute Gasteiger partial charge is 0.194 e. The van der Waals surface area contributed by atoms with Crippen molar-refractivity contribution >= 4 is 28.1 Å². The van der Waals surface area contributed by atoms with E-state index in [2.05, 4.69) is 206 Å². The molecule has 8 aromatic rings.